The van der Waals surface area contributed by atoms with E-state index in [0.717, 1.165) is 0 Å². The van der Waals surface area contributed by atoms with Gasteiger partial charge in [0.2, 0.25) is 0 Å². The molecule has 3 aromatic rings. The molecular weight excluding hydrogens is 280 g/mol. The van der Waals surface area contributed by atoms with E-state index in [0.29, 0.717) is 22.4 Å². The quantitative estimate of drug-likeness (QED) is 0.696. The molecule has 0 N–H and O–H groups in total. The zero-order valence-electron chi connectivity index (χ0n) is 12.0. The molecule has 0 atom stereocenters. The smallest absolute Gasteiger partial charge is 0.303 e. The van der Waals surface area contributed by atoms with E-state index in [2.05, 4.69) is 4.98 Å². The van der Waals surface area contributed by atoms with E-state index in [9.17, 15) is 9.59 Å². The minimum absolute atomic E-state index is 0.0513. The topological polar surface area (TPSA) is 61.2 Å². The molecule has 3 rings (SSSR count). The van der Waals surface area contributed by atoms with Gasteiger partial charge in [0.1, 0.15) is 6.61 Å². The Balaban J connectivity index is 2.26. The molecule has 0 bridgehead atoms. The van der Waals surface area contributed by atoms with Crippen LogP contribution in [0.5, 0.6) is 0 Å². The monoisotopic (exact) mass is 294 g/mol. The number of nitrogens with zero attached hydrogens (tertiary/aromatic N) is 2. The van der Waals surface area contributed by atoms with Crippen LogP contribution in [0.3, 0.4) is 0 Å². The van der Waals surface area contributed by atoms with Crippen molar-refractivity contribution in [1.29, 1.82) is 0 Å². The number of aromatic nitrogens is 2. The van der Waals surface area contributed by atoms with Crippen molar-refractivity contribution in [3.8, 4) is 5.69 Å². The Hall–Kier alpha value is -2.95. The predicted octanol–water partition coefficient (Wildman–Crippen LogP) is 2.45. The number of carbonyl (C=O) groups excluding carboxylic acids is 1. The lowest BCUT2D eigenvalue weighted by Crippen LogP contribution is -2.24. The maximum atomic E-state index is 12.8. The summed E-state index contributed by atoms with van der Waals surface area (Å²) in [6, 6.07) is 16.3. The first-order valence-electron chi connectivity index (χ1n) is 6.86. The first-order chi connectivity index (χ1) is 10.7. The Morgan fingerprint density at radius 1 is 1.09 bits per heavy atom. The van der Waals surface area contributed by atoms with Crippen LogP contribution in [0.1, 0.15) is 12.7 Å². The van der Waals surface area contributed by atoms with E-state index in [-0.39, 0.29) is 12.2 Å². The molecule has 5 nitrogen and oxygen atoms in total. The third kappa shape index (κ3) is 2.61. The summed E-state index contributed by atoms with van der Waals surface area (Å²) in [6.45, 7) is 1.27. The first kappa shape index (κ1) is 14.0. The van der Waals surface area contributed by atoms with E-state index in [1.54, 1.807) is 18.2 Å². The highest BCUT2D eigenvalue weighted by Crippen LogP contribution is 2.13. The van der Waals surface area contributed by atoms with Crippen LogP contribution >= 0.6 is 0 Å². The van der Waals surface area contributed by atoms with E-state index >= 15 is 0 Å². The number of fused-ring (bicyclic) bond motifs is 1. The number of hydrogen-bond donors (Lipinski definition) is 0. The molecule has 0 aliphatic rings. The van der Waals surface area contributed by atoms with Crippen LogP contribution in [-0.2, 0) is 16.1 Å². The Kier molecular flexibility index (Phi) is 3.70. The summed E-state index contributed by atoms with van der Waals surface area (Å²) in [5.74, 6) is -0.0212. The molecular formula is C17H14N2O3. The third-order valence-electron chi connectivity index (χ3n) is 3.26. The van der Waals surface area contributed by atoms with Crippen molar-refractivity contribution in [1.82, 2.24) is 9.55 Å². The highest BCUT2D eigenvalue weighted by Gasteiger charge is 2.13. The van der Waals surface area contributed by atoms with E-state index in [1.807, 2.05) is 36.4 Å². The van der Waals surface area contributed by atoms with Gasteiger partial charge in [0.15, 0.2) is 5.82 Å². The molecule has 0 amide bonds. The molecule has 0 unspecified atom stereocenters. The number of hydrogen-bond acceptors (Lipinski definition) is 4. The number of benzene rings is 2. The minimum Gasteiger partial charge on any atom is -0.458 e. The second-order valence-corrected chi connectivity index (χ2v) is 4.80. The van der Waals surface area contributed by atoms with Gasteiger partial charge in [-0.05, 0) is 24.3 Å². The molecule has 0 spiro atoms. The molecule has 0 aliphatic heterocycles. The summed E-state index contributed by atoms with van der Waals surface area (Å²) in [4.78, 5) is 28.3. The average Bonchev–Trinajstić information content (AvgIpc) is 2.54. The maximum absolute atomic E-state index is 12.8. The van der Waals surface area contributed by atoms with Crippen molar-refractivity contribution in [3.63, 3.8) is 0 Å². The standard InChI is InChI=1S/C17H14N2O3/c1-12(20)22-11-16-18-15-10-6-5-9-14(15)17(21)19(16)13-7-3-2-4-8-13/h2-10H,11H2,1H3. The highest BCUT2D eigenvalue weighted by molar-refractivity contribution is 5.77. The van der Waals surface area contributed by atoms with Crippen molar-refractivity contribution >= 4 is 16.9 Å². The lowest BCUT2D eigenvalue weighted by Gasteiger charge is -2.13. The Morgan fingerprint density at radius 3 is 2.50 bits per heavy atom. The van der Waals surface area contributed by atoms with Gasteiger partial charge in [-0.25, -0.2) is 4.98 Å². The van der Waals surface area contributed by atoms with Gasteiger partial charge in [0.05, 0.1) is 16.6 Å². The van der Waals surface area contributed by atoms with Crippen molar-refractivity contribution in [2.75, 3.05) is 0 Å². The van der Waals surface area contributed by atoms with Gasteiger partial charge < -0.3 is 4.74 Å². The predicted molar refractivity (Wildman–Crippen MR) is 82.8 cm³/mol. The number of rotatable bonds is 3. The summed E-state index contributed by atoms with van der Waals surface area (Å²) in [6.07, 6.45) is 0. The number of esters is 1. The van der Waals surface area contributed by atoms with Crippen LogP contribution in [0.25, 0.3) is 16.6 Å². The molecule has 22 heavy (non-hydrogen) atoms. The maximum Gasteiger partial charge on any atom is 0.303 e. The van der Waals surface area contributed by atoms with E-state index in [1.165, 1.54) is 11.5 Å². The van der Waals surface area contributed by atoms with Gasteiger partial charge in [-0.1, -0.05) is 30.3 Å². The minimum atomic E-state index is -0.415. The third-order valence-corrected chi connectivity index (χ3v) is 3.26. The summed E-state index contributed by atoms with van der Waals surface area (Å²) in [5.41, 5.74) is 1.09. The molecule has 0 saturated heterocycles. The lowest BCUT2D eigenvalue weighted by atomic mass is 10.2. The van der Waals surface area contributed by atoms with Crippen LogP contribution in [0, 0.1) is 0 Å². The van der Waals surface area contributed by atoms with Crippen molar-refractivity contribution in [2.24, 2.45) is 0 Å². The fourth-order valence-corrected chi connectivity index (χ4v) is 2.29. The fourth-order valence-electron chi connectivity index (χ4n) is 2.29. The van der Waals surface area contributed by atoms with Gasteiger partial charge in [-0.3, -0.25) is 14.2 Å². The van der Waals surface area contributed by atoms with Crippen molar-refractivity contribution < 1.29 is 9.53 Å². The SMILES string of the molecule is CC(=O)OCc1nc2ccccc2c(=O)n1-c1ccccc1. The fraction of sp³-hybridized carbons (Fsp3) is 0.118. The lowest BCUT2D eigenvalue weighted by molar-refractivity contribution is -0.142. The molecule has 5 heteroatoms. The molecule has 1 aromatic heterocycles. The van der Waals surface area contributed by atoms with Crippen LogP contribution in [-0.4, -0.2) is 15.5 Å². The number of ether oxygens (including phenoxy) is 1. The Morgan fingerprint density at radius 2 is 1.77 bits per heavy atom. The van der Waals surface area contributed by atoms with Gasteiger partial charge in [0.25, 0.3) is 5.56 Å². The largest absolute Gasteiger partial charge is 0.458 e. The second-order valence-electron chi connectivity index (χ2n) is 4.80. The number of para-hydroxylation sites is 2. The van der Waals surface area contributed by atoms with Crippen molar-refractivity contribution in [3.05, 3.63) is 70.8 Å². The van der Waals surface area contributed by atoms with Gasteiger partial charge in [-0.2, -0.15) is 0 Å². The average molecular weight is 294 g/mol. The summed E-state index contributed by atoms with van der Waals surface area (Å²) in [7, 11) is 0. The number of carbonyl (C=O) groups is 1. The van der Waals surface area contributed by atoms with E-state index < -0.39 is 5.97 Å². The zero-order valence-corrected chi connectivity index (χ0v) is 12.0. The summed E-state index contributed by atoms with van der Waals surface area (Å²) >= 11 is 0. The summed E-state index contributed by atoms with van der Waals surface area (Å²) < 4.78 is 6.51. The van der Waals surface area contributed by atoms with Gasteiger partial charge in [-0.15, -0.1) is 0 Å². The molecule has 0 aliphatic carbocycles. The van der Waals surface area contributed by atoms with Crippen molar-refractivity contribution in [2.45, 2.75) is 13.5 Å². The van der Waals surface area contributed by atoms with Crippen LogP contribution in [0.15, 0.2) is 59.4 Å². The van der Waals surface area contributed by atoms with E-state index in [4.69, 9.17) is 4.74 Å². The highest BCUT2D eigenvalue weighted by atomic mass is 16.5. The molecule has 0 saturated carbocycles. The first-order valence-corrected chi connectivity index (χ1v) is 6.86. The van der Waals surface area contributed by atoms with Crippen LogP contribution in [0.4, 0.5) is 0 Å². The molecule has 110 valence electrons. The Labute approximate surface area is 126 Å². The summed E-state index contributed by atoms with van der Waals surface area (Å²) in [5, 5.41) is 0.526. The second kappa shape index (κ2) is 5.81. The van der Waals surface area contributed by atoms with Crippen LogP contribution in [0.2, 0.25) is 0 Å². The normalized spacial score (nSPS) is 10.6. The molecule has 2 aromatic carbocycles. The van der Waals surface area contributed by atoms with Gasteiger partial charge >= 0.3 is 5.97 Å². The molecule has 0 fully saturated rings. The molecule has 1 heterocycles. The van der Waals surface area contributed by atoms with Crippen LogP contribution < -0.4 is 5.56 Å². The van der Waals surface area contributed by atoms with Gasteiger partial charge in [0, 0.05) is 6.92 Å². The molecule has 0 radical (unpaired) electrons. The Bertz CT molecular complexity index is 885. The zero-order chi connectivity index (χ0) is 15.5.